The van der Waals surface area contributed by atoms with E-state index in [-0.39, 0.29) is 5.82 Å². The molecule has 0 atom stereocenters. The minimum Gasteiger partial charge on any atom is -0.335 e. The van der Waals surface area contributed by atoms with Crippen LogP contribution in [0.2, 0.25) is 0 Å². The largest absolute Gasteiger partial charge is 0.335 e. The van der Waals surface area contributed by atoms with E-state index in [1.165, 1.54) is 6.07 Å². The number of H-pyrrole nitrogens is 2. The van der Waals surface area contributed by atoms with Gasteiger partial charge in [-0.1, -0.05) is 0 Å². The van der Waals surface area contributed by atoms with E-state index in [1.807, 2.05) is 43.3 Å². The highest BCUT2D eigenvalue weighted by Gasteiger charge is 2.18. The summed E-state index contributed by atoms with van der Waals surface area (Å²) in [5.41, 5.74) is 6.70. The summed E-state index contributed by atoms with van der Waals surface area (Å²) < 4.78 is 15.1. The molecule has 0 spiro atoms. The van der Waals surface area contributed by atoms with Crippen LogP contribution in [0.4, 0.5) is 4.39 Å². The summed E-state index contributed by atoms with van der Waals surface area (Å²) >= 11 is 0. The minimum atomic E-state index is -0.345. The molecule has 8 nitrogen and oxygen atoms in total. The van der Waals surface area contributed by atoms with E-state index in [0.717, 1.165) is 27.6 Å². The summed E-state index contributed by atoms with van der Waals surface area (Å²) in [7, 11) is 3.97. The topological polar surface area (TPSA) is 99.3 Å². The van der Waals surface area contributed by atoms with Crippen molar-refractivity contribution in [3.63, 3.8) is 0 Å². The highest BCUT2D eigenvalue weighted by atomic mass is 19.1. The number of hydrogen-bond acceptors (Lipinski definition) is 6. The van der Waals surface area contributed by atoms with Crippen LogP contribution in [0, 0.1) is 5.82 Å². The van der Waals surface area contributed by atoms with Gasteiger partial charge in [-0.25, -0.2) is 14.4 Å². The van der Waals surface area contributed by atoms with Crippen LogP contribution in [0.5, 0.6) is 0 Å². The number of rotatable bonds is 5. The monoisotopic (exact) mass is 464 g/mol. The summed E-state index contributed by atoms with van der Waals surface area (Å²) in [5.74, 6) is 0.208. The Kier molecular flexibility index (Phi) is 5.04. The van der Waals surface area contributed by atoms with Crippen LogP contribution in [0.25, 0.3) is 55.8 Å². The van der Waals surface area contributed by atoms with Crippen LogP contribution < -0.4 is 0 Å². The molecule has 0 aliphatic rings. The zero-order chi connectivity index (χ0) is 23.9. The molecular weight excluding hydrogens is 443 g/mol. The molecule has 0 aliphatic heterocycles. The van der Waals surface area contributed by atoms with Crippen molar-refractivity contribution in [2.45, 2.75) is 6.54 Å². The Morgan fingerprint density at radius 1 is 0.914 bits per heavy atom. The average Bonchev–Trinajstić information content (AvgIpc) is 3.47. The number of aromatic nitrogens is 7. The van der Waals surface area contributed by atoms with Crippen LogP contribution >= 0.6 is 0 Å². The summed E-state index contributed by atoms with van der Waals surface area (Å²) in [6.07, 6.45) is 8.70. The molecule has 0 bridgehead atoms. The lowest BCUT2D eigenvalue weighted by molar-refractivity contribution is 0.402. The number of halogens is 1. The van der Waals surface area contributed by atoms with Gasteiger partial charge >= 0.3 is 0 Å². The maximum atomic E-state index is 15.1. The number of imidazole rings is 1. The molecular formula is C26H21FN8. The molecule has 0 aliphatic carbocycles. The van der Waals surface area contributed by atoms with Gasteiger partial charge in [0.05, 0.1) is 11.0 Å². The van der Waals surface area contributed by atoms with E-state index >= 15 is 4.39 Å². The number of aromatic amines is 2. The SMILES string of the molecule is CN(C)Cc1cncc(-c2cc3c(-c4nc5nccc(-c6ccncc6)c5[nH]4)n[nH]c3cc2F)c1. The highest BCUT2D eigenvalue weighted by Crippen LogP contribution is 2.33. The molecule has 6 rings (SSSR count). The third-order valence-corrected chi connectivity index (χ3v) is 5.86. The van der Waals surface area contributed by atoms with Crippen LogP contribution in [-0.4, -0.2) is 54.1 Å². The first-order valence-corrected chi connectivity index (χ1v) is 11.1. The van der Waals surface area contributed by atoms with E-state index in [0.29, 0.717) is 40.4 Å². The van der Waals surface area contributed by atoms with Crippen molar-refractivity contribution < 1.29 is 4.39 Å². The lowest BCUT2D eigenvalue weighted by Gasteiger charge is -2.11. The van der Waals surface area contributed by atoms with Crippen molar-refractivity contribution in [3.05, 3.63) is 78.8 Å². The lowest BCUT2D eigenvalue weighted by atomic mass is 10.0. The summed E-state index contributed by atoms with van der Waals surface area (Å²) in [6.45, 7) is 0.716. The van der Waals surface area contributed by atoms with Crippen molar-refractivity contribution in [2.24, 2.45) is 0 Å². The van der Waals surface area contributed by atoms with Crippen LogP contribution in [0.3, 0.4) is 0 Å². The molecule has 0 saturated heterocycles. The highest BCUT2D eigenvalue weighted by molar-refractivity contribution is 5.97. The van der Waals surface area contributed by atoms with Crippen molar-refractivity contribution in [3.8, 4) is 33.8 Å². The first-order chi connectivity index (χ1) is 17.1. The van der Waals surface area contributed by atoms with Gasteiger partial charge in [-0.3, -0.25) is 15.1 Å². The van der Waals surface area contributed by atoms with Gasteiger partial charge in [-0.15, -0.1) is 0 Å². The van der Waals surface area contributed by atoms with E-state index < -0.39 is 0 Å². The Labute approximate surface area is 199 Å². The van der Waals surface area contributed by atoms with Crippen molar-refractivity contribution in [1.82, 2.24) is 40.0 Å². The summed E-state index contributed by atoms with van der Waals surface area (Å²) in [4.78, 5) is 22.9. The number of nitrogens with one attached hydrogen (secondary N) is 2. The standard InChI is InChI=1S/C26H21FN8/c1-35(2)14-15-9-17(13-29-12-15)19-10-20-22(11-21(19)27)33-34-24(20)26-31-23-18(5-8-30-25(23)32-26)16-3-6-28-7-4-16/h3-13H,14H2,1-2H3,(H,33,34)(H,30,31,32). The number of nitrogens with zero attached hydrogens (tertiary/aromatic N) is 6. The molecule has 5 aromatic heterocycles. The Hall–Kier alpha value is -4.50. The Bertz CT molecular complexity index is 1670. The molecule has 0 saturated carbocycles. The quantitative estimate of drug-likeness (QED) is 0.379. The van der Waals surface area contributed by atoms with E-state index in [4.69, 9.17) is 0 Å². The van der Waals surface area contributed by atoms with Gasteiger partial charge in [0.15, 0.2) is 11.5 Å². The van der Waals surface area contributed by atoms with Gasteiger partial charge in [0.2, 0.25) is 0 Å². The third kappa shape index (κ3) is 3.81. The predicted octanol–water partition coefficient (Wildman–Crippen LogP) is 4.83. The van der Waals surface area contributed by atoms with Gasteiger partial charge in [-0.05, 0) is 55.6 Å². The molecule has 0 radical (unpaired) electrons. The molecule has 5 heterocycles. The molecule has 0 amide bonds. The van der Waals surface area contributed by atoms with Crippen LogP contribution in [0.1, 0.15) is 5.56 Å². The van der Waals surface area contributed by atoms with Gasteiger partial charge < -0.3 is 9.88 Å². The van der Waals surface area contributed by atoms with E-state index in [2.05, 4.69) is 35.1 Å². The Balaban J connectivity index is 1.48. The molecule has 6 aromatic rings. The fraction of sp³-hybridized carbons (Fsp3) is 0.115. The van der Waals surface area contributed by atoms with E-state index in [9.17, 15) is 0 Å². The summed E-state index contributed by atoms with van der Waals surface area (Å²) in [5, 5.41) is 8.14. The number of hydrogen-bond donors (Lipinski definition) is 2. The number of fused-ring (bicyclic) bond motifs is 2. The molecule has 0 fully saturated rings. The molecule has 0 unspecified atom stereocenters. The number of benzene rings is 1. The predicted molar refractivity (Wildman–Crippen MR) is 133 cm³/mol. The van der Waals surface area contributed by atoms with Crippen molar-refractivity contribution in [2.75, 3.05) is 14.1 Å². The first kappa shape index (κ1) is 21.1. The second-order valence-electron chi connectivity index (χ2n) is 8.65. The zero-order valence-corrected chi connectivity index (χ0v) is 19.1. The van der Waals surface area contributed by atoms with Gasteiger partial charge in [0, 0.05) is 65.7 Å². The molecule has 35 heavy (non-hydrogen) atoms. The average molecular weight is 465 g/mol. The van der Waals surface area contributed by atoms with E-state index in [1.54, 1.807) is 37.1 Å². The number of pyridine rings is 3. The van der Waals surface area contributed by atoms with Crippen molar-refractivity contribution >= 4 is 22.1 Å². The van der Waals surface area contributed by atoms with Gasteiger partial charge in [0.25, 0.3) is 0 Å². The Morgan fingerprint density at radius 3 is 2.60 bits per heavy atom. The third-order valence-electron chi connectivity index (χ3n) is 5.86. The second-order valence-corrected chi connectivity index (χ2v) is 8.65. The minimum absolute atomic E-state index is 0.345. The zero-order valence-electron chi connectivity index (χ0n) is 19.1. The molecule has 1 aromatic carbocycles. The summed E-state index contributed by atoms with van der Waals surface area (Å²) in [6, 6.07) is 11.0. The molecule has 172 valence electrons. The smallest absolute Gasteiger partial charge is 0.178 e. The normalized spacial score (nSPS) is 11.7. The second kappa shape index (κ2) is 8.37. The molecule has 2 N–H and O–H groups in total. The fourth-order valence-electron chi connectivity index (χ4n) is 4.32. The van der Waals surface area contributed by atoms with Gasteiger partial charge in [0.1, 0.15) is 11.5 Å². The maximum absolute atomic E-state index is 15.1. The first-order valence-electron chi connectivity index (χ1n) is 11.1. The molecule has 9 heteroatoms. The van der Waals surface area contributed by atoms with Gasteiger partial charge in [-0.2, -0.15) is 5.10 Å². The fourth-order valence-corrected chi connectivity index (χ4v) is 4.32. The Morgan fingerprint density at radius 2 is 1.77 bits per heavy atom. The maximum Gasteiger partial charge on any atom is 0.178 e. The van der Waals surface area contributed by atoms with Crippen molar-refractivity contribution in [1.29, 1.82) is 0 Å². The lowest BCUT2D eigenvalue weighted by Crippen LogP contribution is -2.10. The van der Waals surface area contributed by atoms with Crippen LogP contribution in [0.15, 0.2) is 67.4 Å². The van der Waals surface area contributed by atoms with Crippen LogP contribution in [-0.2, 0) is 6.54 Å².